The Labute approximate surface area is 178 Å². The molecule has 30 heavy (non-hydrogen) atoms. The molecule has 0 unspecified atom stereocenters. The van der Waals surface area contributed by atoms with Crippen LogP contribution in [0.15, 0.2) is 42.6 Å². The molecule has 3 aromatic rings. The van der Waals surface area contributed by atoms with Crippen molar-refractivity contribution in [2.75, 3.05) is 20.3 Å². The zero-order chi connectivity index (χ0) is 21.5. The third kappa shape index (κ3) is 5.34. The van der Waals surface area contributed by atoms with Crippen molar-refractivity contribution < 1.29 is 18.7 Å². The maximum Gasteiger partial charge on any atom is 0.256 e. The number of carbonyl (C=O) groups excluding carboxylic acids is 1. The van der Waals surface area contributed by atoms with Crippen molar-refractivity contribution in [2.45, 2.75) is 20.0 Å². The molecule has 158 valence electrons. The molecule has 0 radical (unpaired) electrons. The number of halogens is 2. The number of nitrogens with zero attached hydrogens (tertiary/aromatic N) is 3. The average molecular weight is 433 g/mol. The van der Waals surface area contributed by atoms with E-state index in [1.165, 1.54) is 16.8 Å². The lowest BCUT2D eigenvalue weighted by Crippen LogP contribution is -2.24. The van der Waals surface area contributed by atoms with E-state index in [4.69, 9.17) is 21.1 Å². The van der Waals surface area contributed by atoms with Gasteiger partial charge in [-0.1, -0.05) is 29.8 Å². The molecular formula is C21H22ClFN4O3. The highest BCUT2D eigenvalue weighted by atomic mass is 35.5. The number of nitrogens with one attached hydrogen (secondary N) is 1. The number of pyridine rings is 1. The number of carbonyl (C=O) groups is 1. The topological polar surface area (TPSA) is 78.3 Å². The zero-order valence-electron chi connectivity index (χ0n) is 16.7. The molecule has 3 rings (SSSR count). The quantitative estimate of drug-likeness (QED) is 0.524. The Kier molecular flexibility index (Phi) is 7.37. The minimum absolute atomic E-state index is 0.216. The lowest BCUT2D eigenvalue weighted by molar-refractivity contribution is 0.0949. The van der Waals surface area contributed by atoms with Gasteiger partial charge in [-0.05, 0) is 30.7 Å². The fourth-order valence-electron chi connectivity index (χ4n) is 2.85. The third-order valence-corrected chi connectivity index (χ3v) is 4.74. The largest absolute Gasteiger partial charge is 0.475 e. The molecule has 0 aliphatic carbocycles. The number of ether oxygens (including phenoxy) is 2. The van der Waals surface area contributed by atoms with E-state index in [0.717, 1.165) is 11.1 Å². The number of hydrogen-bond acceptors (Lipinski definition) is 5. The van der Waals surface area contributed by atoms with Crippen molar-refractivity contribution in [2.24, 2.45) is 0 Å². The number of aryl methyl sites for hydroxylation is 1. The summed E-state index contributed by atoms with van der Waals surface area (Å²) in [5.74, 6) is -0.234. The van der Waals surface area contributed by atoms with Crippen LogP contribution in [-0.2, 0) is 17.8 Å². The van der Waals surface area contributed by atoms with Crippen LogP contribution in [0.4, 0.5) is 4.39 Å². The first-order valence-electron chi connectivity index (χ1n) is 9.30. The van der Waals surface area contributed by atoms with Gasteiger partial charge in [-0.2, -0.15) is 5.10 Å². The van der Waals surface area contributed by atoms with Crippen molar-refractivity contribution >= 4 is 17.5 Å². The number of hydrogen-bond donors (Lipinski definition) is 1. The summed E-state index contributed by atoms with van der Waals surface area (Å²) in [6, 6.07) is 9.62. The monoisotopic (exact) mass is 432 g/mol. The van der Waals surface area contributed by atoms with Gasteiger partial charge in [0.1, 0.15) is 17.6 Å². The highest BCUT2D eigenvalue weighted by molar-refractivity contribution is 6.33. The normalized spacial score (nSPS) is 10.8. The summed E-state index contributed by atoms with van der Waals surface area (Å²) in [7, 11) is 1.59. The predicted molar refractivity (Wildman–Crippen MR) is 110 cm³/mol. The molecule has 1 aromatic carbocycles. The Morgan fingerprint density at radius 3 is 2.73 bits per heavy atom. The van der Waals surface area contributed by atoms with E-state index in [2.05, 4.69) is 15.4 Å². The van der Waals surface area contributed by atoms with Gasteiger partial charge in [0.2, 0.25) is 5.88 Å². The smallest absolute Gasteiger partial charge is 0.256 e. The Hall–Kier alpha value is -2.97. The lowest BCUT2D eigenvalue weighted by atomic mass is 10.2. The number of benzene rings is 1. The van der Waals surface area contributed by atoms with Crippen LogP contribution >= 0.6 is 11.6 Å². The molecule has 2 aromatic heterocycles. The Bertz CT molecular complexity index is 1010. The van der Waals surface area contributed by atoms with Crippen molar-refractivity contribution in [3.8, 4) is 5.88 Å². The van der Waals surface area contributed by atoms with Gasteiger partial charge in [-0.15, -0.1) is 0 Å². The second-order valence-corrected chi connectivity index (χ2v) is 6.88. The SMILES string of the molecule is COCCOc1ncccc1CNC(=O)c1c(C)nn(Cc2ccc(F)cc2)c1Cl. The van der Waals surface area contributed by atoms with Crippen molar-refractivity contribution in [3.63, 3.8) is 0 Å². The summed E-state index contributed by atoms with van der Waals surface area (Å²) in [6.45, 7) is 3.05. The summed E-state index contributed by atoms with van der Waals surface area (Å²) in [6.07, 6.45) is 1.62. The predicted octanol–water partition coefficient (Wildman–Crippen LogP) is 3.38. The standard InChI is InChI=1S/C21H22ClFN4O3/c1-14-18(19(22)27(26-14)13-15-5-7-17(23)8-6-15)20(28)25-12-16-4-3-9-24-21(16)30-11-10-29-2/h3-9H,10-13H2,1-2H3,(H,25,28). The van der Waals surface area contributed by atoms with Crippen LogP contribution in [0.25, 0.3) is 0 Å². The Morgan fingerprint density at radius 1 is 1.23 bits per heavy atom. The molecule has 0 bridgehead atoms. The summed E-state index contributed by atoms with van der Waals surface area (Å²) in [5, 5.41) is 7.40. The lowest BCUT2D eigenvalue weighted by Gasteiger charge is -2.11. The van der Waals surface area contributed by atoms with Crippen molar-refractivity contribution in [3.05, 3.63) is 75.9 Å². The maximum atomic E-state index is 13.1. The second kappa shape index (κ2) is 10.2. The molecule has 0 spiro atoms. The highest BCUT2D eigenvalue weighted by Gasteiger charge is 2.20. The molecule has 2 heterocycles. The minimum atomic E-state index is -0.352. The van der Waals surface area contributed by atoms with Crippen LogP contribution in [-0.4, -0.2) is 41.0 Å². The van der Waals surface area contributed by atoms with Crippen LogP contribution in [0.2, 0.25) is 5.15 Å². The molecule has 1 amide bonds. The minimum Gasteiger partial charge on any atom is -0.475 e. The summed E-state index contributed by atoms with van der Waals surface area (Å²) in [5.41, 5.74) is 2.35. The van der Waals surface area contributed by atoms with E-state index in [0.29, 0.717) is 36.9 Å². The van der Waals surface area contributed by atoms with Gasteiger partial charge in [0, 0.05) is 25.4 Å². The molecule has 0 saturated carbocycles. The number of amides is 1. The van der Waals surface area contributed by atoms with Gasteiger partial charge in [0.15, 0.2) is 0 Å². The molecular weight excluding hydrogens is 411 g/mol. The van der Waals surface area contributed by atoms with E-state index < -0.39 is 0 Å². The van der Waals surface area contributed by atoms with E-state index in [1.54, 1.807) is 38.4 Å². The summed E-state index contributed by atoms with van der Waals surface area (Å²) in [4.78, 5) is 17.0. The maximum absolute atomic E-state index is 13.1. The van der Waals surface area contributed by atoms with Crippen LogP contribution in [0.5, 0.6) is 5.88 Å². The highest BCUT2D eigenvalue weighted by Crippen LogP contribution is 2.22. The fourth-order valence-corrected chi connectivity index (χ4v) is 3.17. The fraction of sp³-hybridized carbons (Fsp3) is 0.286. The molecule has 0 aliphatic rings. The van der Waals surface area contributed by atoms with Crippen molar-refractivity contribution in [1.82, 2.24) is 20.1 Å². The van der Waals surface area contributed by atoms with Gasteiger partial charge < -0.3 is 14.8 Å². The van der Waals surface area contributed by atoms with Crippen LogP contribution in [0.3, 0.4) is 0 Å². The summed E-state index contributed by atoms with van der Waals surface area (Å²) >= 11 is 6.42. The van der Waals surface area contributed by atoms with Gasteiger partial charge in [-0.3, -0.25) is 4.79 Å². The molecule has 0 saturated heterocycles. The van der Waals surface area contributed by atoms with Crippen LogP contribution in [0.1, 0.15) is 27.2 Å². The number of aromatic nitrogens is 3. The van der Waals surface area contributed by atoms with Gasteiger partial charge >= 0.3 is 0 Å². The number of methoxy groups -OCH3 is 1. The van der Waals surface area contributed by atoms with Gasteiger partial charge in [0.25, 0.3) is 5.91 Å². The van der Waals surface area contributed by atoms with E-state index in [-0.39, 0.29) is 23.4 Å². The first-order chi connectivity index (χ1) is 14.5. The van der Waals surface area contributed by atoms with Crippen LogP contribution in [0, 0.1) is 12.7 Å². The molecule has 0 aliphatic heterocycles. The molecule has 0 atom stereocenters. The molecule has 7 nitrogen and oxygen atoms in total. The molecule has 1 N–H and O–H groups in total. The third-order valence-electron chi connectivity index (χ3n) is 4.35. The first-order valence-corrected chi connectivity index (χ1v) is 9.68. The number of rotatable bonds is 9. The van der Waals surface area contributed by atoms with E-state index >= 15 is 0 Å². The van der Waals surface area contributed by atoms with Gasteiger partial charge in [-0.25, -0.2) is 14.1 Å². The summed E-state index contributed by atoms with van der Waals surface area (Å²) < 4.78 is 25.2. The molecule has 9 heteroatoms. The van der Waals surface area contributed by atoms with E-state index in [9.17, 15) is 9.18 Å². The average Bonchev–Trinajstić information content (AvgIpc) is 3.02. The zero-order valence-corrected chi connectivity index (χ0v) is 17.4. The van der Waals surface area contributed by atoms with E-state index in [1.807, 2.05) is 6.07 Å². The Morgan fingerprint density at radius 2 is 2.00 bits per heavy atom. The van der Waals surface area contributed by atoms with Crippen LogP contribution < -0.4 is 10.1 Å². The van der Waals surface area contributed by atoms with Gasteiger partial charge in [0.05, 0.1) is 24.4 Å². The first kappa shape index (κ1) is 21.7. The molecule has 0 fully saturated rings. The second-order valence-electron chi connectivity index (χ2n) is 6.53. The Balaban J connectivity index is 1.69. The van der Waals surface area contributed by atoms with Crippen molar-refractivity contribution in [1.29, 1.82) is 0 Å².